The van der Waals surface area contributed by atoms with Crippen LogP contribution in [0, 0.1) is 17.8 Å². The fraction of sp³-hybridized carbons (Fsp3) is 0.625. The minimum atomic E-state index is 0.0219. The smallest absolute Gasteiger partial charge is 0.309 e. The van der Waals surface area contributed by atoms with E-state index >= 15 is 0 Å². The van der Waals surface area contributed by atoms with Gasteiger partial charge in [-0.15, -0.1) is 0 Å². The first-order valence-corrected chi connectivity index (χ1v) is 11.0. The lowest BCUT2D eigenvalue weighted by Crippen LogP contribution is -3.18. The lowest BCUT2D eigenvalue weighted by molar-refractivity contribution is -0.940. The van der Waals surface area contributed by atoms with E-state index in [-0.39, 0.29) is 11.9 Å². The van der Waals surface area contributed by atoms with Crippen molar-refractivity contribution in [1.82, 2.24) is 0 Å². The molecule has 1 aromatic rings. The Morgan fingerprint density at radius 1 is 0.963 bits per heavy atom. The maximum Gasteiger partial charge on any atom is 0.309 e. The molecule has 2 heterocycles. The van der Waals surface area contributed by atoms with E-state index in [1.54, 1.807) is 4.90 Å². The summed E-state index contributed by atoms with van der Waals surface area (Å²) < 4.78 is 5.95. The van der Waals surface area contributed by atoms with E-state index in [1.165, 1.54) is 50.8 Å². The normalized spacial score (nSPS) is 33.3. The van der Waals surface area contributed by atoms with E-state index in [0.717, 1.165) is 25.3 Å². The maximum atomic E-state index is 12.9. The number of carbonyl (C=O) groups excluding carboxylic acids is 1. The number of rotatable bonds is 5. The molecule has 0 spiro atoms. The zero-order chi connectivity index (χ0) is 18.5. The lowest BCUT2D eigenvalue weighted by atomic mass is 9.79. The quantitative estimate of drug-likeness (QED) is 0.639. The zero-order valence-electron chi connectivity index (χ0n) is 16.4. The van der Waals surface area contributed by atoms with Crippen LogP contribution in [0.3, 0.4) is 0 Å². The number of carbonyl (C=O) groups is 1. The molecule has 0 bridgehead atoms. The molecule has 4 rings (SSSR count). The van der Waals surface area contributed by atoms with Crippen LogP contribution < -0.4 is 4.90 Å². The van der Waals surface area contributed by atoms with Crippen molar-refractivity contribution in [2.24, 2.45) is 17.8 Å². The molecule has 0 aromatic heterocycles. The standard InChI is InChI=1S/C24H33NO2/c26-24(27-18-21-12-8-16-25-15-7-6-14-23(21)25)22-13-5-4-11-20(22)17-19-9-2-1-3-10-19/h1-5,9-10,20-23H,6-8,11-18H2/p+1/t20-,21+,22+,23-/m0/s1. The van der Waals surface area contributed by atoms with Gasteiger partial charge in [-0.05, 0) is 62.8 Å². The number of nitrogens with one attached hydrogen (secondary N) is 1. The van der Waals surface area contributed by atoms with Crippen molar-refractivity contribution < 1.29 is 14.4 Å². The maximum absolute atomic E-state index is 12.9. The summed E-state index contributed by atoms with van der Waals surface area (Å²) in [5.74, 6) is 1.01. The van der Waals surface area contributed by atoms with E-state index in [4.69, 9.17) is 4.74 Å². The van der Waals surface area contributed by atoms with E-state index < -0.39 is 0 Å². The summed E-state index contributed by atoms with van der Waals surface area (Å²) in [6.07, 6.45) is 13.8. The highest BCUT2D eigenvalue weighted by Gasteiger charge is 2.38. The fourth-order valence-corrected chi connectivity index (χ4v) is 5.58. The van der Waals surface area contributed by atoms with Gasteiger partial charge >= 0.3 is 5.97 Å². The van der Waals surface area contributed by atoms with Crippen LogP contribution in [0.25, 0.3) is 0 Å². The van der Waals surface area contributed by atoms with E-state index in [9.17, 15) is 4.79 Å². The van der Waals surface area contributed by atoms with Crippen LogP contribution in [0.5, 0.6) is 0 Å². The van der Waals surface area contributed by atoms with Gasteiger partial charge in [-0.1, -0.05) is 42.5 Å². The Morgan fingerprint density at radius 2 is 1.78 bits per heavy atom. The molecule has 2 fully saturated rings. The van der Waals surface area contributed by atoms with Crippen LogP contribution in [-0.2, 0) is 16.0 Å². The van der Waals surface area contributed by atoms with Crippen molar-refractivity contribution in [2.45, 2.75) is 57.4 Å². The highest BCUT2D eigenvalue weighted by atomic mass is 16.5. The van der Waals surface area contributed by atoms with E-state index in [1.807, 2.05) is 0 Å². The largest absolute Gasteiger partial charge is 0.465 e. The molecular formula is C24H34NO2+. The minimum absolute atomic E-state index is 0.0219. The summed E-state index contributed by atoms with van der Waals surface area (Å²) in [7, 11) is 0. The van der Waals surface area contributed by atoms with E-state index in [0.29, 0.717) is 18.4 Å². The summed E-state index contributed by atoms with van der Waals surface area (Å²) in [5, 5.41) is 0. The van der Waals surface area contributed by atoms with Gasteiger partial charge in [0, 0.05) is 5.92 Å². The first kappa shape index (κ1) is 18.7. The van der Waals surface area contributed by atoms with Crippen LogP contribution in [0.15, 0.2) is 42.5 Å². The second-order valence-electron chi connectivity index (χ2n) is 8.79. The number of piperidine rings is 2. The zero-order valence-corrected chi connectivity index (χ0v) is 16.4. The summed E-state index contributed by atoms with van der Waals surface area (Å²) in [6, 6.07) is 11.3. The van der Waals surface area contributed by atoms with Gasteiger partial charge in [0.05, 0.1) is 31.7 Å². The average molecular weight is 369 g/mol. The van der Waals surface area contributed by atoms with Crippen molar-refractivity contribution in [3.63, 3.8) is 0 Å². The van der Waals surface area contributed by atoms with Gasteiger partial charge in [0.15, 0.2) is 0 Å². The molecule has 1 unspecified atom stereocenters. The Balaban J connectivity index is 1.34. The number of hydrogen-bond acceptors (Lipinski definition) is 2. The number of benzene rings is 1. The summed E-state index contributed by atoms with van der Waals surface area (Å²) >= 11 is 0. The predicted molar refractivity (Wildman–Crippen MR) is 108 cm³/mol. The SMILES string of the molecule is O=C(OC[C@H]1CCC[NH+]2CCCC[C@@H]12)[C@@H]1CC=CC[C@H]1Cc1ccccc1. The molecule has 0 saturated carbocycles. The topological polar surface area (TPSA) is 30.7 Å². The molecule has 27 heavy (non-hydrogen) atoms. The molecule has 3 heteroatoms. The molecule has 0 amide bonds. The second kappa shape index (κ2) is 9.05. The third-order valence-electron chi connectivity index (χ3n) is 7.08. The molecular weight excluding hydrogens is 334 g/mol. The molecule has 1 aliphatic carbocycles. The molecule has 3 nitrogen and oxygen atoms in total. The third kappa shape index (κ3) is 4.63. The Hall–Kier alpha value is -1.61. The third-order valence-corrected chi connectivity index (χ3v) is 7.08. The summed E-state index contributed by atoms with van der Waals surface area (Å²) in [6.45, 7) is 3.29. The number of ether oxygens (including phenoxy) is 1. The highest BCUT2D eigenvalue weighted by molar-refractivity contribution is 5.73. The molecule has 2 aliphatic heterocycles. The Bertz CT molecular complexity index is 639. The average Bonchev–Trinajstić information content (AvgIpc) is 2.73. The Labute approximate surface area is 163 Å². The number of quaternary nitrogens is 1. The van der Waals surface area contributed by atoms with Crippen LogP contribution in [-0.4, -0.2) is 31.7 Å². The number of fused-ring (bicyclic) bond motifs is 1. The Morgan fingerprint density at radius 3 is 2.67 bits per heavy atom. The minimum Gasteiger partial charge on any atom is -0.465 e. The molecule has 0 radical (unpaired) electrons. The van der Waals surface area contributed by atoms with Crippen LogP contribution in [0.1, 0.15) is 50.5 Å². The van der Waals surface area contributed by atoms with Gasteiger partial charge in [0.25, 0.3) is 0 Å². The molecule has 1 aromatic carbocycles. The molecule has 2 saturated heterocycles. The van der Waals surface area contributed by atoms with Gasteiger partial charge in [-0.25, -0.2) is 0 Å². The monoisotopic (exact) mass is 368 g/mol. The highest BCUT2D eigenvalue weighted by Crippen LogP contribution is 2.30. The van der Waals surface area contributed by atoms with Gasteiger partial charge in [-0.3, -0.25) is 4.79 Å². The van der Waals surface area contributed by atoms with Crippen molar-refractivity contribution in [3.05, 3.63) is 48.0 Å². The van der Waals surface area contributed by atoms with Crippen molar-refractivity contribution in [2.75, 3.05) is 19.7 Å². The van der Waals surface area contributed by atoms with Gasteiger partial charge in [-0.2, -0.15) is 0 Å². The number of allylic oxidation sites excluding steroid dienone is 2. The van der Waals surface area contributed by atoms with Crippen LogP contribution in [0.2, 0.25) is 0 Å². The number of hydrogen-bond donors (Lipinski definition) is 1. The van der Waals surface area contributed by atoms with Gasteiger partial charge < -0.3 is 9.64 Å². The van der Waals surface area contributed by atoms with Gasteiger partial charge in [0.1, 0.15) is 0 Å². The van der Waals surface area contributed by atoms with Gasteiger partial charge in [0.2, 0.25) is 0 Å². The van der Waals surface area contributed by atoms with Crippen molar-refractivity contribution in [3.8, 4) is 0 Å². The van der Waals surface area contributed by atoms with Crippen LogP contribution in [0.4, 0.5) is 0 Å². The summed E-state index contributed by atoms with van der Waals surface area (Å²) in [4.78, 5) is 14.7. The van der Waals surface area contributed by atoms with E-state index in [2.05, 4.69) is 42.5 Å². The predicted octanol–water partition coefficient (Wildman–Crippen LogP) is 3.20. The Kier molecular flexibility index (Phi) is 6.28. The van der Waals surface area contributed by atoms with Crippen molar-refractivity contribution >= 4 is 5.97 Å². The fourth-order valence-electron chi connectivity index (χ4n) is 5.58. The molecule has 3 aliphatic rings. The number of esters is 1. The lowest BCUT2D eigenvalue weighted by Gasteiger charge is -2.41. The van der Waals surface area contributed by atoms with Crippen LogP contribution >= 0.6 is 0 Å². The second-order valence-corrected chi connectivity index (χ2v) is 8.79. The summed E-state index contributed by atoms with van der Waals surface area (Å²) in [5.41, 5.74) is 1.32. The molecule has 146 valence electrons. The molecule has 5 atom stereocenters. The molecule has 1 N–H and O–H groups in total. The first-order valence-electron chi connectivity index (χ1n) is 11.0. The van der Waals surface area contributed by atoms with Crippen molar-refractivity contribution in [1.29, 1.82) is 0 Å². The first-order chi connectivity index (χ1) is 13.3.